The van der Waals surface area contributed by atoms with Gasteiger partial charge in [-0.15, -0.1) is 0 Å². The third kappa shape index (κ3) is 2.60. The van der Waals surface area contributed by atoms with Crippen molar-refractivity contribution in [3.8, 4) is 0 Å². The van der Waals surface area contributed by atoms with Crippen LogP contribution in [0, 0.1) is 0 Å². The molecule has 0 spiro atoms. The Morgan fingerprint density at radius 3 is 2.69 bits per heavy atom. The number of nitrogens with one attached hydrogen (secondary N) is 1. The largest absolute Gasteiger partial charge is 0.346 e. The normalized spacial score (nSPS) is 19.1. The van der Waals surface area contributed by atoms with Crippen LogP contribution in [-0.2, 0) is 0 Å². The number of carbonyl (C=O) groups excluding carboxylic acids is 1. The molecule has 0 fully saturated rings. The van der Waals surface area contributed by atoms with E-state index in [1.165, 1.54) is 5.57 Å². The molecule has 0 bridgehead atoms. The van der Waals surface area contributed by atoms with Gasteiger partial charge in [0.2, 0.25) is 0 Å². The highest BCUT2D eigenvalue weighted by molar-refractivity contribution is 5.94. The van der Waals surface area contributed by atoms with E-state index in [0.29, 0.717) is 5.56 Å². The molecule has 1 amide bonds. The zero-order chi connectivity index (χ0) is 11.4. The minimum Gasteiger partial charge on any atom is -0.346 e. The Balaban J connectivity index is 1.97. The van der Waals surface area contributed by atoms with Crippen LogP contribution < -0.4 is 5.32 Å². The summed E-state index contributed by atoms with van der Waals surface area (Å²) in [5, 5.41) is 2.99. The van der Waals surface area contributed by atoms with E-state index in [9.17, 15) is 4.79 Å². The first kappa shape index (κ1) is 10.7. The standard InChI is InChI=1S/C14H15NO/c1-11-7-9-13(10-8-11)15-14(16)12-5-3-2-4-6-12/h2-9,13H,10H2,1H3,(H,15,16). The molecule has 0 radical (unpaired) electrons. The van der Waals surface area contributed by atoms with E-state index in [1.54, 1.807) is 0 Å². The maximum atomic E-state index is 11.8. The zero-order valence-corrected chi connectivity index (χ0v) is 9.31. The maximum Gasteiger partial charge on any atom is 0.251 e. The Morgan fingerprint density at radius 2 is 2.06 bits per heavy atom. The zero-order valence-electron chi connectivity index (χ0n) is 9.31. The average Bonchev–Trinajstić information content (AvgIpc) is 2.33. The van der Waals surface area contributed by atoms with Crippen LogP contribution >= 0.6 is 0 Å². The summed E-state index contributed by atoms with van der Waals surface area (Å²) in [4.78, 5) is 11.8. The van der Waals surface area contributed by atoms with Crippen LogP contribution in [0.1, 0.15) is 23.7 Å². The molecule has 1 aromatic carbocycles. The number of hydrogen-bond donors (Lipinski definition) is 1. The van der Waals surface area contributed by atoms with Crippen LogP contribution in [0.15, 0.2) is 54.1 Å². The summed E-state index contributed by atoms with van der Waals surface area (Å²) >= 11 is 0. The quantitative estimate of drug-likeness (QED) is 0.804. The lowest BCUT2D eigenvalue weighted by Crippen LogP contribution is -2.33. The van der Waals surface area contributed by atoms with E-state index in [4.69, 9.17) is 0 Å². The van der Waals surface area contributed by atoms with Crippen molar-refractivity contribution in [2.45, 2.75) is 19.4 Å². The van der Waals surface area contributed by atoms with E-state index in [0.717, 1.165) is 6.42 Å². The lowest BCUT2D eigenvalue weighted by Gasteiger charge is -2.16. The van der Waals surface area contributed by atoms with Crippen molar-refractivity contribution >= 4 is 5.91 Å². The molecule has 1 aromatic rings. The van der Waals surface area contributed by atoms with E-state index in [1.807, 2.05) is 42.5 Å². The molecule has 1 aliphatic rings. The van der Waals surface area contributed by atoms with Gasteiger partial charge in [0.15, 0.2) is 0 Å². The molecule has 0 aromatic heterocycles. The van der Waals surface area contributed by atoms with Gasteiger partial charge in [-0.2, -0.15) is 0 Å². The minimum absolute atomic E-state index is 0.0109. The Labute approximate surface area is 95.7 Å². The number of benzene rings is 1. The Kier molecular flexibility index (Phi) is 3.20. The van der Waals surface area contributed by atoms with Crippen molar-refractivity contribution in [3.05, 3.63) is 59.7 Å². The van der Waals surface area contributed by atoms with Crippen LogP contribution in [0.25, 0.3) is 0 Å². The number of carbonyl (C=O) groups is 1. The molecule has 2 rings (SSSR count). The molecule has 1 aliphatic carbocycles. The molecule has 0 saturated heterocycles. The highest BCUT2D eigenvalue weighted by atomic mass is 16.1. The first-order valence-corrected chi connectivity index (χ1v) is 5.46. The predicted octanol–water partition coefficient (Wildman–Crippen LogP) is 2.69. The molecule has 1 unspecified atom stereocenters. The minimum atomic E-state index is -0.0109. The third-order valence-corrected chi connectivity index (χ3v) is 2.64. The monoisotopic (exact) mass is 213 g/mol. The molecule has 16 heavy (non-hydrogen) atoms. The second kappa shape index (κ2) is 4.79. The van der Waals surface area contributed by atoms with Crippen molar-refractivity contribution in [2.24, 2.45) is 0 Å². The number of allylic oxidation sites excluding steroid dienone is 2. The van der Waals surface area contributed by atoms with Crippen LogP contribution in [0.3, 0.4) is 0 Å². The summed E-state index contributed by atoms with van der Waals surface area (Å²) in [5.41, 5.74) is 1.97. The smallest absolute Gasteiger partial charge is 0.251 e. The van der Waals surface area contributed by atoms with E-state index in [2.05, 4.69) is 18.3 Å². The van der Waals surface area contributed by atoms with Crippen molar-refractivity contribution in [1.29, 1.82) is 0 Å². The van der Waals surface area contributed by atoms with Gasteiger partial charge in [0.05, 0.1) is 6.04 Å². The van der Waals surface area contributed by atoms with Gasteiger partial charge >= 0.3 is 0 Å². The van der Waals surface area contributed by atoms with Crippen LogP contribution in [-0.4, -0.2) is 11.9 Å². The second-order valence-corrected chi connectivity index (χ2v) is 3.99. The van der Waals surface area contributed by atoms with Gasteiger partial charge in [0.25, 0.3) is 5.91 Å². The summed E-state index contributed by atoms with van der Waals surface area (Å²) in [5.74, 6) is -0.0109. The molecule has 82 valence electrons. The van der Waals surface area contributed by atoms with Gasteiger partial charge in [-0.25, -0.2) is 0 Å². The summed E-state index contributed by atoms with van der Waals surface area (Å²) in [7, 11) is 0. The molecule has 0 saturated carbocycles. The van der Waals surface area contributed by atoms with Crippen molar-refractivity contribution in [2.75, 3.05) is 0 Å². The SMILES string of the molecule is CC1=CCC(NC(=O)c2ccccc2)C=C1. The first-order valence-electron chi connectivity index (χ1n) is 5.46. The lowest BCUT2D eigenvalue weighted by atomic mass is 10.0. The maximum absolute atomic E-state index is 11.8. The average molecular weight is 213 g/mol. The Morgan fingerprint density at radius 1 is 1.31 bits per heavy atom. The summed E-state index contributed by atoms with van der Waals surface area (Å²) in [6, 6.07) is 9.41. The fraction of sp³-hybridized carbons (Fsp3) is 0.214. The molecular formula is C14H15NO. The van der Waals surface area contributed by atoms with Crippen LogP contribution in [0.4, 0.5) is 0 Å². The molecule has 1 N–H and O–H groups in total. The Bertz CT molecular complexity index is 431. The van der Waals surface area contributed by atoms with Gasteiger partial charge in [-0.3, -0.25) is 4.79 Å². The van der Waals surface area contributed by atoms with Gasteiger partial charge < -0.3 is 5.32 Å². The molecule has 1 atom stereocenters. The molecule has 2 heteroatoms. The van der Waals surface area contributed by atoms with Gasteiger partial charge in [-0.1, -0.05) is 42.0 Å². The summed E-state index contributed by atoms with van der Waals surface area (Å²) in [6.45, 7) is 2.06. The van der Waals surface area contributed by atoms with Crippen molar-refractivity contribution in [1.82, 2.24) is 5.32 Å². The topological polar surface area (TPSA) is 29.1 Å². The van der Waals surface area contributed by atoms with Gasteiger partial charge in [0.1, 0.15) is 0 Å². The number of hydrogen-bond acceptors (Lipinski definition) is 1. The molecule has 0 heterocycles. The van der Waals surface area contributed by atoms with Crippen LogP contribution in [0.2, 0.25) is 0 Å². The first-order chi connectivity index (χ1) is 7.75. The van der Waals surface area contributed by atoms with Crippen molar-refractivity contribution < 1.29 is 4.79 Å². The molecule has 0 aliphatic heterocycles. The third-order valence-electron chi connectivity index (χ3n) is 2.64. The molecular weight excluding hydrogens is 198 g/mol. The van der Waals surface area contributed by atoms with E-state index >= 15 is 0 Å². The summed E-state index contributed by atoms with van der Waals surface area (Å²) < 4.78 is 0. The lowest BCUT2D eigenvalue weighted by molar-refractivity contribution is 0.0944. The number of rotatable bonds is 2. The fourth-order valence-corrected chi connectivity index (χ4v) is 1.68. The van der Waals surface area contributed by atoms with Crippen LogP contribution in [0.5, 0.6) is 0 Å². The predicted molar refractivity (Wildman–Crippen MR) is 65.2 cm³/mol. The Hall–Kier alpha value is -1.83. The van der Waals surface area contributed by atoms with Gasteiger partial charge in [-0.05, 0) is 25.5 Å². The number of amides is 1. The fourth-order valence-electron chi connectivity index (χ4n) is 1.68. The highest BCUT2D eigenvalue weighted by Gasteiger charge is 2.11. The van der Waals surface area contributed by atoms with E-state index < -0.39 is 0 Å². The van der Waals surface area contributed by atoms with Gasteiger partial charge in [0, 0.05) is 5.56 Å². The summed E-state index contributed by atoms with van der Waals surface area (Å²) in [6.07, 6.45) is 7.09. The highest BCUT2D eigenvalue weighted by Crippen LogP contribution is 2.10. The van der Waals surface area contributed by atoms with Crippen molar-refractivity contribution in [3.63, 3.8) is 0 Å². The molecule has 2 nitrogen and oxygen atoms in total. The van der Waals surface area contributed by atoms with E-state index in [-0.39, 0.29) is 11.9 Å². The second-order valence-electron chi connectivity index (χ2n) is 3.99.